The van der Waals surface area contributed by atoms with E-state index in [-0.39, 0.29) is 0 Å². The van der Waals surface area contributed by atoms with E-state index in [0.717, 1.165) is 36.3 Å². The third-order valence-electron chi connectivity index (χ3n) is 3.52. The van der Waals surface area contributed by atoms with E-state index < -0.39 is 0 Å². The first-order valence-corrected chi connectivity index (χ1v) is 7.40. The summed E-state index contributed by atoms with van der Waals surface area (Å²) < 4.78 is 1.98. The van der Waals surface area contributed by atoms with Crippen LogP contribution in [-0.2, 0) is 0 Å². The Morgan fingerprint density at radius 1 is 1.10 bits per heavy atom. The van der Waals surface area contributed by atoms with Crippen LogP contribution in [0, 0.1) is 0 Å². The number of anilines is 1. The van der Waals surface area contributed by atoms with Gasteiger partial charge in [-0.15, -0.1) is 5.10 Å². The number of benzene rings is 1. The second-order valence-corrected chi connectivity index (χ2v) is 5.15. The predicted molar refractivity (Wildman–Crippen MR) is 81.1 cm³/mol. The van der Waals surface area contributed by atoms with Gasteiger partial charge in [0.15, 0.2) is 5.82 Å². The van der Waals surface area contributed by atoms with E-state index in [1.165, 1.54) is 12.8 Å². The molecule has 2 N–H and O–H groups in total. The summed E-state index contributed by atoms with van der Waals surface area (Å²) >= 11 is 0. The average Bonchev–Trinajstić information content (AvgIpc) is 2.93. The van der Waals surface area contributed by atoms with Crippen LogP contribution in [0.1, 0.15) is 52.0 Å². The number of nitrogens with two attached hydrogens (primary N) is 1. The van der Waals surface area contributed by atoms with Crippen LogP contribution in [0.3, 0.4) is 0 Å². The molecule has 2 rings (SSSR count). The van der Waals surface area contributed by atoms with Gasteiger partial charge >= 0.3 is 0 Å². The second-order valence-electron chi connectivity index (χ2n) is 5.15. The quantitative estimate of drug-likeness (QED) is 0.784. The van der Waals surface area contributed by atoms with Gasteiger partial charge < -0.3 is 5.73 Å². The van der Waals surface area contributed by atoms with Crippen LogP contribution in [0.5, 0.6) is 0 Å². The molecule has 0 saturated carbocycles. The van der Waals surface area contributed by atoms with Crippen molar-refractivity contribution in [3.63, 3.8) is 0 Å². The molecule has 1 heterocycles. The first kappa shape index (κ1) is 14.5. The van der Waals surface area contributed by atoms with Crippen LogP contribution < -0.4 is 5.73 Å². The van der Waals surface area contributed by atoms with E-state index in [4.69, 9.17) is 5.73 Å². The molecule has 0 fully saturated rings. The van der Waals surface area contributed by atoms with Gasteiger partial charge in [0, 0.05) is 11.3 Å². The molecule has 2 aromatic rings. The Bertz CT molecular complexity index is 517. The molecule has 1 aromatic heterocycles. The van der Waals surface area contributed by atoms with Gasteiger partial charge in [-0.05, 0) is 47.5 Å². The summed E-state index contributed by atoms with van der Waals surface area (Å²) in [5, 5.41) is 12.3. The minimum atomic E-state index is 0.377. The molecule has 0 aliphatic heterocycles. The Morgan fingerprint density at radius 3 is 2.50 bits per heavy atom. The fourth-order valence-electron chi connectivity index (χ4n) is 2.42. The summed E-state index contributed by atoms with van der Waals surface area (Å²) in [7, 11) is 0. The van der Waals surface area contributed by atoms with Gasteiger partial charge in [-0.1, -0.05) is 33.1 Å². The lowest BCUT2D eigenvalue weighted by atomic mass is 10.0. The first-order chi connectivity index (χ1) is 9.76. The van der Waals surface area contributed by atoms with Crippen molar-refractivity contribution in [1.82, 2.24) is 20.2 Å². The maximum absolute atomic E-state index is 5.73. The van der Waals surface area contributed by atoms with E-state index in [9.17, 15) is 0 Å². The molecule has 0 spiro atoms. The zero-order chi connectivity index (χ0) is 14.4. The van der Waals surface area contributed by atoms with Crippen LogP contribution in [0.4, 0.5) is 5.69 Å². The molecule has 5 nitrogen and oxygen atoms in total. The topological polar surface area (TPSA) is 69.6 Å². The zero-order valence-corrected chi connectivity index (χ0v) is 12.3. The number of hydrogen-bond donors (Lipinski definition) is 1. The van der Waals surface area contributed by atoms with E-state index in [1.54, 1.807) is 0 Å². The fraction of sp³-hybridized carbons (Fsp3) is 0.533. The monoisotopic (exact) mass is 273 g/mol. The number of nitrogen functional groups attached to an aromatic ring is 1. The highest BCUT2D eigenvalue weighted by atomic mass is 15.5. The van der Waals surface area contributed by atoms with Crippen LogP contribution in [0.25, 0.3) is 11.4 Å². The van der Waals surface area contributed by atoms with E-state index in [0.29, 0.717) is 6.04 Å². The molecule has 5 heteroatoms. The molecule has 0 bridgehead atoms. The van der Waals surface area contributed by atoms with Crippen molar-refractivity contribution in [2.45, 2.75) is 52.0 Å². The van der Waals surface area contributed by atoms with Crippen LogP contribution in [0.15, 0.2) is 24.3 Å². The Labute approximate surface area is 120 Å². The summed E-state index contributed by atoms with van der Waals surface area (Å²) in [6.07, 6.45) is 5.75. The Balaban J connectivity index is 2.27. The molecule has 0 aliphatic rings. The van der Waals surface area contributed by atoms with Crippen LogP contribution in [-0.4, -0.2) is 20.2 Å². The average molecular weight is 273 g/mol. The minimum absolute atomic E-state index is 0.377. The number of nitrogens with zero attached hydrogens (tertiary/aromatic N) is 4. The molecule has 1 aromatic carbocycles. The van der Waals surface area contributed by atoms with Gasteiger partial charge in [0.1, 0.15) is 0 Å². The standard InChI is InChI=1S/C15H23N5/c1-3-5-7-14(6-4-2)20-15(17-18-19-20)12-8-10-13(16)11-9-12/h8-11,14H,3-7,16H2,1-2H3. The molecule has 1 unspecified atom stereocenters. The number of hydrogen-bond acceptors (Lipinski definition) is 4. The van der Waals surface area contributed by atoms with Crippen molar-refractivity contribution < 1.29 is 0 Å². The van der Waals surface area contributed by atoms with Crippen molar-refractivity contribution in [2.24, 2.45) is 0 Å². The maximum Gasteiger partial charge on any atom is 0.182 e. The molecule has 108 valence electrons. The normalized spacial score (nSPS) is 12.5. The number of unbranched alkanes of at least 4 members (excludes halogenated alkanes) is 1. The molecule has 20 heavy (non-hydrogen) atoms. The van der Waals surface area contributed by atoms with Gasteiger partial charge in [0.25, 0.3) is 0 Å². The molecular weight excluding hydrogens is 250 g/mol. The van der Waals surface area contributed by atoms with Crippen molar-refractivity contribution in [2.75, 3.05) is 5.73 Å². The van der Waals surface area contributed by atoms with E-state index in [2.05, 4.69) is 29.4 Å². The van der Waals surface area contributed by atoms with Crippen molar-refractivity contribution >= 4 is 5.69 Å². The van der Waals surface area contributed by atoms with Crippen molar-refractivity contribution in [3.8, 4) is 11.4 Å². The SMILES string of the molecule is CCCCC(CCC)n1nnnc1-c1ccc(N)cc1. The lowest BCUT2D eigenvalue weighted by molar-refractivity contribution is 0.380. The summed E-state index contributed by atoms with van der Waals surface area (Å²) in [5.74, 6) is 0.833. The van der Waals surface area contributed by atoms with Crippen molar-refractivity contribution in [3.05, 3.63) is 24.3 Å². The second kappa shape index (κ2) is 7.03. The largest absolute Gasteiger partial charge is 0.399 e. The number of rotatable bonds is 7. The third-order valence-corrected chi connectivity index (χ3v) is 3.52. The number of tetrazole rings is 1. The third kappa shape index (κ3) is 3.35. The molecule has 1 atom stereocenters. The highest BCUT2D eigenvalue weighted by Crippen LogP contribution is 2.26. The van der Waals surface area contributed by atoms with E-state index in [1.807, 2.05) is 28.9 Å². The van der Waals surface area contributed by atoms with Gasteiger partial charge in [-0.3, -0.25) is 0 Å². The summed E-state index contributed by atoms with van der Waals surface area (Å²) in [6.45, 7) is 4.41. The summed E-state index contributed by atoms with van der Waals surface area (Å²) in [4.78, 5) is 0. The van der Waals surface area contributed by atoms with Crippen LogP contribution in [0.2, 0.25) is 0 Å². The van der Waals surface area contributed by atoms with Gasteiger partial charge in [0.05, 0.1) is 6.04 Å². The van der Waals surface area contributed by atoms with Gasteiger partial charge in [-0.25, -0.2) is 4.68 Å². The lowest BCUT2D eigenvalue weighted by Gasteiger charge is -2.17. The number of aromatic nitrogens is 4. The molecule has 0 radical (unpaired) electrons. The Kier molecular flexibility index (Phi) is 5.09. The Morgan fingerprint density at radius 2 is 1.85 bits per heavy atom. The Hall–Kier alpha value is -1.91. The summed E-state index contributed by atoms with van der Waals surface area (Å²) in [5.41, 5.74) is 7.50. The maximum atomic E-state index is 5.73. The smallest absolute Gasteiger partial charge is 0.182 e. The fourth-order valence-corrected chi connectivity index (χ4v) is 2.42. The molecular formula is C15H23N5. The minimum Gasteiger partial charge on any atom is -0.399 e. The zero-order valence-electron chi connectivity index (χ0n) is 12.3. The lowest BCUT2D eigenvalue weighted by Crippen LogP contribution is -2.12. The van der Waals surface area contributed by atoms with Gasteiger partial charge in [0.2, 0.25) is 0 Å². The summed E-state index contributed by atoms with van der Waals surface area (Å²) in [6, 6.07) is 8.09. The highest BCUT2D eigenvalue weighted by molar-refractivity contribution is 5.58. The molecule has 0 amide bonds. The first-order valence-electron chi connectivity index (χ1n) is 7.40. The molecule has 0 saturated heterocycles. The molecule has 0 aliphatic carbocycles. The van der Waals surface area contributed by atoms with E-state index >= 15 is 0 Å². The predicted octanol–water partition coefficient (Wildman–Crippen LogP) is 3.45. The van der Waals surface area contributed by atoms with Crippen molar-refractivity contribution in [1.29, 1.82) is 0 Å². The van der Waals surface area contributed by atoms with Gasteiger partial charge in [-0.2, -0.15) is 0 Å². The van der Waals surface area contributed by atoms with Crippen LogP contribution >= 0.6 is 0 Å². The highest BCUT2D eigenvalue weighted by Gasteiger charge is 2.17.